The van der Waals surface area contributed by atoms with Crippen LogP contribution < -0.4 is 5.32 Å². The molecule has 1 aliphatic carbocycles. The minimum Gasteiger partial charge on any atom is -0.463 e. The lowest BCUT2D eigenvalue weighted by Crippen LogP contribution is -2.35. The largest absolute Gasteiger partial charge is 0.463 e. The van der Waals surface area contributed by atoms with Gasteiger partial charge in [-0.3, -0.25) is 4.90 Å². The number of hydrogen-bond acceptors (Lipinski definition) is 3. The minimum atomic E-state index is 0.765. The highest BCUT2D eigenvalue weighted by Crippen LogP contribution is 2.24. The zero-order valence-corrected chi connectivity index (χ0v) is 11.7. The SMILES string of the molecule is CCN(Cc1ccc(CNC)o1)C1CCCCC1. The van der Waals surface area contributed by atoms with Crippen LogP contribution >= 0.6 is 0 Å². The van der Waals surface area contributed by atoms with Gasteiger partial charge >= 0.3 is 0 Å². The van der Waals surface area contributed by atoms with Crippen LogP contribution in [0.3, 0.4) is 0 Å². The van der Waals surface area contributed by atoms with Gasteiger partial charge in [-0.15, -0.1) is 0 Å². The third kappa shape index (κ3) is 3.59. The Bertz CT molecular complexity index is 342. The predicted octanol–water partition coefficient (Wildman–Crippen LogP) is 3.15. The molecule has 1 heterocycles. The maximum atomic E-state index is 5.84. The smallest absolute Gasteiger partial charge is 0.118 e. The van der Waals surface area contributed by atoms with Gasteiger partial charge in [0.1, 0.15) is 11.5 Å². The van der Waals surface area contributed by atoms with Gasteiger partial charge in [-0.25, -0.2) is 0 Å². The molecule has 18 heavy (non-hydrogen) atoms. The fourth-order valence-corrected chi connectivity index (χ4v) is 2.92. The second kappa shape index (κ2) is 6.95. The minimum absolute atomic E-state index is 0.765. The molecule has 0 unspecified atom stereocenters. The molecular weight excluding hydrogens is 224 g/mol. The van der Waals surface area contributed by atoms with E-state index in [-0.39, 0.29) is 0 Å². The molecule has 1 saturated carbocycles. The number of furan rings is 1. The Labute approximate surface area is 111 Å². The molecule has 0 aliphatic heterocycles. The van der Waals surface area contributed by atoms with E-state index >= 15 is 0 Å². The van der Waals surface area contributed by atoms with Crippen LogP contribution in [-0.2, 0) is 13.1 Å². The summed E-state index contributed by atoms with van der Waals surface area (Å²) in [5, 5.41) is 3.12. The summed E-state index contributed by atoms with van der Waals surface area (Å²) in [6, 6.07) is 4.97. The van der Waals surface area contributed by atoms with E-state index in [0.29, 0.717) is 0 Å². The molecule has 1 aromatic heterocycles. The molecule has 1 aliphatic rings. The van der Waals surface area contributed by atoms with Gasteiger partial charge in [0.05, 0.1) is 13.1 Å². The average molecular weight is 250 g/mol. The van der Waals surface area contributed by atoms with E-state index in [9.17, 15) is 0 Å². The van der Waals surface area contributed by atoms with Gasteiger partial charge in [0.15, 0.2) is 0 Å². The Hall–Kier alpha value is -0.800. The lowest BCUT2D eigenvalue weighted by Gasteiger charge is -2.32. The molecule has 1 N–H and O–H groups in total. The zero-order chi connectivity index (χ0) is 12.8. The molecule has 0 amide bonds. The Morgan fingerprint density at radius 1 is 1.22 bits per heavy atom. The molecule has 0 aromatic carbocycles. The van der Waals surface area contributed by atoms with Crippen molar-refractivity contribution in [2.24, 2.45) is 0 Å². The van der Waals surface area contributed by atoms with E-state index in [1.54, 1.807) is 0 Å². The predicted molar refractivity (Wildman–Crippen MR) is 74.4 cm³/mol. The topological polar surface area (TPSA) is 28.4 Å². The third-order valence-electron chi connectivity index (χ3n) is 3.92. The van der Waals surface area contributed by atoms with E-state index in [4.69, 9.17) is 4.42 Å². The number of rotatable bonds is 6. The van der Waals surface area contributed by atoms with Gasteiger partial charge in [-0.1, -0.05) is 26.2 Å². The summed E-state index contributed by atoms with van der Waals surface area (Å²) in [4.78, 5) is 2.57. The van der Waals surface area contributed by atoms with Crippen molar-refractivity contribution < 1.29 is 4.42 Å². The third-order valence-corrected chi connectivity index (χ3v) is 3.92. The van der Waals surface area contributed by atoms with Crippen molar-refractivity contribution in [3.05, 3.63) is 23.7 Å². The van der Waals surface area contributed by atoms with Crippen LogP contribution in [0, 0.1) is 0 Å². The van der Waals surface area contributed by atoms with E-state index in [2.05, 4.69) is 29.3 Å². The van der Waals surface area contributed by atoms with Crippen molar-refractivity contribution in [1.29, 1.82) is 0 Å². The van der Waals surface area contributed by atoms with Gasteiger partial charge in [-0.2, -0.15) is 0 Å². The summed E-state index contributed by atoms with van der Waals surface area (Å²) in [6.45, 7) is 5.15. The van der Waals surface area contributed by atoms with Crippen molar-refractivity contribution in [2.75, 3.05) is 13.6 Å². The van der Waals surface area contributed by atoms with Crippen molar-refractivity contribution in [3.8, 4) is 0 Å². The first-order chi connectivity index (χ1) is 8.83. The number of nitrogens with zero attached hydrogens (tertiary/aromatic N) is 1. The Morgan fingerprint density at radius 3 is 2.61 bits per heavy atom. The van der Waals surface area contributed by atoms with Gasteiger partial charge in [-0.05, 0) is 38.6 Å². The van der Waals surface area contributed by atoms with E-state index in [0.717, 1.165) is 37.2 Å². The number of nitrogens with one attached hydrogen (secondary N) is 1. The first kappa shape index (κ1) is 13.6. The zero-order valence-electron chi connectivity index (χ0n) is 11.7. The van der Waals surface area contributed by atoms with Crippen LogP contribution in [0.25, 0.3) is 0 Å². The Morgan fingerprint density at radius 2 is 1.94 bits per heavy atom. The van der Waals surface area contributed by atoms with Crippen molar-refractivity contribution in [2.45, 2.75) is 58.2 Å². The molecule has 0 spiro atoms. The van der Waals surface area contributed by atoms with Crippen LogP contribution in [0.5, 0.6) is 0 Å². The van der Waals surface area contributed by atoms with Gasteiger partial charge in [0, 0.05) is 6.04 Å². The van der Waals surface area contributed by atoms with Gasteiger partial charge < -0.3 is 9.73 Å². The Balaban J connectivity index is 1.91. The summed E-state index contributed by atoms with van der Waals surface area (Å²) in [5.41, 5.74) is 0. The molecule has 0 bridgehead atoms. The second-order valence-corrected chi connectivity index (χ2v) is 5.25. The molecule has 1 fully saturated rings. The van der Waals surface area contributed by atoms with E-state index in [1.165, 1.54) is 32.1 Å². The quantitative estimate of drug-likeness (QED) is 0.840. The van der Waals surface area contributed by atoms with Crippen LogP contribution in [0.1, 0.15) is 50.5 Å². The highest BCUT2D eigenvalue weighted by atomic mass is 16.3. The summed E-state index contributed by atoms with van der Waals surface area (Å²) in [7, 11) is 1.95. The maximum Gasteiger partial charge on any atom is 0.118 e. The number of hydrogen-bond donors (Lipinski definition) is 1. The molecule has 3 heteroatoms. The van der Waals surface area contributed by atoms with Crippen LogP contribution in [-0.4, -0.2) is 24.5 Å². The highest BCUT2D eigenvalue weighted by Gasteiger charge is 2.20. The van der Waals surface area contributed by atoms with Crippen molar-refractivity contribution in [3.63, 3.8) is 0 Å². The summed E-state index contributed by atoms with van der Waals surface area (Å²) in [6.07, 6.45) is 6.92. The fraction of sp³-hybridized carbons (Fsp3) is 0.733. The lowest BCUT2D eigenvalue weighted by atomic mass is 9.94. The summed E-state index contributed by atoms with van der Waals surface area (Å²) >= 11 is 0. The summed E-state index contributed by atoms with van der Waals surface area (Å²) in [5.74, 6) is 2.14. The molecule has 0 saturated heterocycles. The van der Waals surface area contributed by atoms with Crippen LogP contribution in [0.15, 0.2) is 16.5 Å². The van der Waals surface area contributed by atoms with Gasteiger partial charge in [0.25, 0.3) is 0 Å². The van der Waals surface area contributed by atoms with Crippen LogP contribution in [0.2, 0.25) is 0 Å². The normalized spacial score (nSPS) is 17.5. The first-order valence-electron chi connectivity index (χ1n) is 7.29. The summed E-state index contributed by atoms with van der Waals surface area (Å²) < 4.78 is 5.84. The van der Waals surface area contributed by atoms with E-state index in [1.807, 2.05) is 7.05 Å². The maximum absolute atomic E-state index is 5.84. The first-order valence-corrected chi connectivity index (χ1v) is 7.29. The Kier molecular flexibility index (Phi) is 5.26. The second-order valence-electron chi connectivity index (χ2n) is 5.25. The molecule has 2 rings (SSSR count). The molecule has 0 atom stereocenters. The molecular formula is C15H26N2O. The standard InChI is InChI=1S/C15H26N2O/c1-3-17(13-7-5-4-6-8-13)12-15-10-9-14(18-15)11-16-2/h9-10,13,16H,3-8,11-12H2,1-2H3. The monoisotopic (exact) mass is 250 g/mol. The lowest BCUT2D eigenvalue weighted by molar-refractivity contribution is 0.144. The van der Waals surface area contributed by atoms with Crippen LogP contribution in [0.4, 0.5) is 0 Å². The van der Waals surface area contributed by atoms with E-state index < -0.39 is 0 Å². The molecule has 1 aromatic rings. The molecule has 3 nitrogen and oxygen atoms in total. The van der Waals surface area contributed by atoms with Gasteiger partial charge in [0.2, 0.25) is 0 Å². The highest BCUT2D eigenvalue weighted by molar-refractivity contribution is 5.07. The molecule has 0 radical (unpaired) electrons. The van der Waals surface area contributed by atoms with Crippen molar-refractivity contribution >= 4 is 0 Å². The fourth-order valence-electron chi connectivity index (χ4n) is 2.92. The molecule has 102 valence electrons. The van der Waals surface area contributed by atoms with Crippen molar-refractivity contribution in [1.82, 2.24) is 10.2 Å². The average Bonchev–Trinajstić information content (AvgIpc) is 2.85.